The van der Waals surface area contributed by atoms with Crippen molar-refractivity contribution in [2.75, 3.05) is 11.9 Å². The van der Waals surface area contributed by atoms with Gasteiger partial charge >= 0.3 is 0 Å². The van der Waals surface area contributed by atoms with Gasteiger partial charge in [-0.2, -0.15) is 0 Å². The van der Waals surface area contributed by atoms with Gasteiger partial charge in [-0.3, -0.25) is 14.9 Å². The molecule has 2 N–H and O–H groups in total. The van der Waals surface area contributed by atoms with Crippen LogP contribution in [0, 0.1) is 0 Å². The molecule has 10 heteroatoms. The highest BCUT2D eigenvalue weighted by atomic mass is 32.2. The van der Waals surface area contributed by atoms with E-state index in [4.69, 9.17) is 4.42 Å². The number of aryl methyl sites for hydroxylation is 2. The number of furan rings is 1. The van der Waals surface area contributed by atoms with Gasteiger partial charge in [0.25, 0.3) is 5.91 Å². The molecule has 0 atom stereocenters. The van der Waals surface area contributed by atoms with Crippen LogP contribution in [0.2, 0.25) is 0 Å². The fraction of sp³-hybridized carbons (Fsp3) is 0.250. The molecule has 0 spiro atoms. The molecule has 4 rings (SSSR count). The first-order chi connectivity index (χ1) is 16.5. The van der Waals surface area contributed by atoms with Crippen molar-refractivity contribution >= 4 is 40.0 Å². The van der Waals surface area contributed by atoms with E-state index in [2.05, 4.69) is 32.7 Å². The lowest BCUT2D eigenvalue weighted by atomic mass is 10.1. The van der Waals surface area contributed by atoms with Crippen molar-refractivity contribution in [3.8, 4) is 11.3 Å². The Bertz CT molecular complexity index is 1260. The predicted octanol–water partition coefficient (Wildman–Crippen LogP) is 4.75. The third kappa shape index (κ3) is 6.36. The summed E-state index contributed by atoms with van der Waals surface area (Å²) in [6.07, 6.45) is 5.42. The second-order valence-corrected chi connectivity index (χ2v) is 9.45. The van der Waals surface area contributed by atoms with E-state index in [1.807, 2.05) is 35.3 Å². The van der Waals surface area contributed by atoms with E-state index in [-0.39, 0.29) is 17.6 Å². The van der Waals surface area contributed by atoms with Gasteiger partial charge in [-0.15, -0.1) is 11.3 Å². The van der Waals surface area contributed by atoms with Crippen LogP contribution in [0.3, 0.4) is 0 Å². The van der Waals surface area contributed by atoms with Crippen LogP contribution in [0.1, 0.15) is 35.2 Å². The average Bonchev–Trinajstić information content (AvgIpc) is 3.57. The molecule has 3 aromatic heterocycles. The van der Waals surface area contributed by atoms with E-state index < -0.39 is 0 Å². The van der Waals surface area contributed by atoms with Crippen molar-refractivity contribution in [2.24, 2.45) is 7.05 Å². The summed E-state index contributed by atoms with van der Waals surface area (Å²) in [6, 6.07) is 11.6. The predicted molar refractivity (Wildman–Crippen MR) is 134 cm³/mol. The Hall–Kier alpha value is -3.37. The van der Waals surface area contributed by atoms with E-state index in [0.717, 1.165) is 29.3 Å². The molecule has 8 nitrogen and oxygen atoms in total. The van der Waals surface area contributed by atoms with Gasteiger partial charge in [0.15, 0.2) is 16.0 Å². The van der Waals surface area contributed by atoms with Crippen molar-refractivity contribution in [1.29, 1.82) is 0 Å². The largest absolute Gasteiger partial charge is 0.455 e. The molecule has 0 radical (unpaired) electrons. The van der Waals surface area contributed by atoms with Gasteiger partial charge in [0, 0.05) is 43.9 Å². The molecule has 176 valence electrons. The molecule has 1 aromatic carbocycles. The van der Waals surface area contributed by atoms with Crippen molar-refractivity contribution in [2.45, 2.75) is 30.7 Å². The number of nitrogens with zero attached hydrogens (tertiary/aromatic N) is 3. The molecule has 0 aliphatic rings. The molecule has 0 fully saturated rings. The molecule has 0 bridgehead atoms. The zero-order valence-corrected chi connectivity index (χ0v) is 20.5. The molecule has 0 unspecified atom stereocenters. The zero-order valence-electron chi connectivity index (χ0n) is 18.9. The van der Waals surface area contributed by atoms with E-state index in [0.29, 0.717) is 23.2 Å². The van der Waals surface area contributed by atoms with Gasteiger partial charge in [0.05, 0.1) is 11.4 Å². The number of imidazole rings is 1. The van der Waals surface area contributed by atoms with Crippen LogP contribution in [-0.2, 0) is 24.0 Å². The number of hydrogen-bond donors (Lipinski definition) is 2. The summed E-state index contributed by atoms with van der Waals surface area (Å²) in [5, 5.41) is 8.93. The first-order valence-electron chi connectivity index (χ1n) is 10.8. The summed E-state index contributed by atoms with van der Waals surface area (Å²) >= 11 is 2.91. The molecule has 0 aliphatic heterocycles. The zero-order chi connectivity index (χ0) is 23.9. The Morgan fingerprint density at radius 3 is 2.74 bits per heavy atom. The number of nitrogens with one attached hydrogen (secondary N) is 2. The number of aromatic nitrogens is 3. The van der Waals surface area contributed by atoms with Crippen molar-refractivity contribution in [3.05, 3.63) is 71.3 Å². The lowest BCUT2D eigenvalue weighted by Crippen LogP contribution is -2.21. The normalized spacial score (nSPS) is 10.9. The molecular weight excluding hydrogens is 470 g/mol. The summed E-state index contributed by atoms with van der Waals surface area (Å²) in [7, 11) is 1.93. The second-order valence-electron chi connectivity index (χ2n) is 7.65. The number of benzene rings is 1. The van der Waals surface area contributed by atoms with Crippen molar-refractivity contribution in [1.82, 2.24) is 19.9 Å². The number of thiazole rings is 1. The number of anilines is 1. The van der Waals surface area contributed by atoms with E-state index in [1.54, 1.807) is 30.1 Å². The summed E-state index contributed by atoms with van der Waals surface area (Å²) in [5.41, 5.74) is 2.98. The topological polar surface area (TPSA) is 102 Å². The number of carbonyl (C=O) groups excluding carboxylic acids is 2. The summed E-state index contributed by atoms with van der Waals surface area (Å²) in [4.78, 5) is 32.3. The molecule has 34 heavy (non-hydrogen) atoms. The molecule has 4 aromatic rings. The second kappa shape index (κ2) is 11.2. The fourth-order valence-electron chi connectivity index (χ4n) is 3.23. The average molecular weight is 496 g/mol. The Morgan fingerprint density at radius 2 is 2.00 bits per heavy atom. The Labute approximate surface area is 205 Å². The van der Waals surface area contributed by atoms with Gasteiger partial charge in [-0.25, -0.2) is 9.97 Å². The standard InChI is InChI=1S/C24H25N5O3S2/c1-16(30)25-11-3-4-17-5-7-18(8-6-17)20-15-33-23(27-20)28-22(31)21-10-9-19(32-21)14-34-24-26-12-13-29(24)2/h5-10,12-13,15H,3-4,11,14H2,1-2H3,(H,25,30)(H,27,28,31). The molecule has 3 heterocycles. The maximum Gasteiger partial charge on any atom is 0.293 e. The Morgan fingerprint density at radius 1 is 1.18 bits per heavy atom. The van der Waals surface area contributed by atoms with Gasteiger partial charge in [-0.05, 0) is 30.5 Å². The minimum Gasteiger partial charge on any atom is -0.455 e. The molecule has 0 aliphatic carbocycles. The van der Waals surface area contributed by atoms with Crippen LogP contribution in [0.15, 0.2) is 63.7 Å². The van der Waals surface area contributed by atoms with Crippen molar-refractivity contribution < 1.29 is 14.0 Å². The Balaban J connectivity index is 1.29. The number of amides is 2. The fourth-order valence-corrected chi connectivity index (χ4v) is 4.77. The van der Waals surface area contributed by atoms with Gasteiger partial charge in [0.1, 0.15) is 5.76 Å². The summed E-state index contributed by atoms with van der Waals surface area (Å²) in [5.74, 6) is 1.20. The highest BCUT2D eigenvalue weighted by Crippen LogP contribution is 2.26. The maximum atomic E-state index is 12.6. The third-order valence-corrected chi connectivity index (χ3v) is 6.83. The molecular formula is C24H25N5O3S2. The number of rotatable bonds is 10. The van der Waals surface area contributed by atoms with E-state index >= 15 is 0 Å². The SMILES string of the molecule is CC(=O)NCCCc1ccc(-c2csc(NC(=O)c3ccc(CSc4nccn4C)o3)n2)cc1. The number of hydrogen-bond acceptors (Lipinski definition) is 7. The van der Waals surface area contributed by atoms with Crippen LogP contribution >= 0.6 is 23.1 Å². The molecule has 0 saturated carbocycles. The molecule has 2 amide bonds. The molecule has 0 saturated heterocycles. The minimum absolute atomic E-state index is 0.00573. The third-order valence-electron chi connectivity index (χ3n) is 5.00. The highest BCUT2D eigenvalue weighted by Gasteiger charge is 2.14. The monoisotopic (exact) mass is 495 g/mol. The van der Waals surface area contributed by atoms with Crippen LogP contribution < -0.4 is 10.6 Å². The van der Waals surface area contributed by atoms with Gasteiger partial charge < -0.3 is 14.3 Å². The van der Waals surface area contributed by atoms with Crippen LogP contribution in [-0.4, -0.2) is 32.9 Å². The van der Waals surface area contributed by atoms with E-state index in [9.17, 15) is 9.59 Å². The lowest BCUT2D eigenvalue weighted by molar-refractivity contribution is -0.118. The lowest BCUT2D eigenvalue weighted by Gasteiger charge is -2.04. The summed E-state index contributed by atoms with van der Waals surface area (Å²) in [6.45, 7) is 2.20. The van der Waals surface area contributed by atoms with Crippen LogP contribution in [0.5, 0.6) is 0 Å². The van der Waals surface area contributed by atoms with Gasteiger partial charge in [0.2, 0.25) is 5.91 Å². The van der Waals surface area contributed by atoms with Crippen LogP contribution in [0.4, 0.5) is 5.13 Å². The van der Waals surface area contributed by atoms with Crippen LogP contribution in [0.25, 0.3) is 11.3 Å². The first-order valence-corrected chi connectivity index (χ1v) is 12.6. The first kappa shape index (κ1) is 23.8. The Kier molecular flexibility index (Phi) is 7.81. The van der Waals surface area contributed by atoms with E-state index in [1.165, 1.54) is 23.8 Å². The number of thioether (sulfide) groups is 1. The quantitative estimate of drug-likeness (QED) is 0.243. The van der Waals surface area contributed by atoms with Gasteiger partial charge in [-0.1, -0.05) is 36.0 Å². The summed E-state index contributed by atoms with van der Waals surface area (Å²) < 4.78 is 7.63. The van der Waals surface area contributed by atoms with Crippen molar-refractivity contribution in [3.63, 3.8) is 0 Å². The number of carbonyl (C=O) groups is 2. The highest BCUT2D eigenvalue weighted by molar-refractivity contribution is 7.98. The maximum absolute atomic E-state index is 12.6. The minimum atomic E-state index is -0.330. The smallest absolute Gasteiger partial charge is 0.293 e.